The van der Waals surface area contributed by atoms with Gasteiger partial charge in [-0.05, 0) is 24.2 Å². The van der Waals surface area contributed by atoms with E-state index < -0.39 is 18.1 Å². The van der Waals surface area contributed by atoms with Crippen molar-refractivity contribution in [2.75, 3.05) is 0 Å². The Kier molecular flexibility index (Phi) is 1.15. The highest BCUT2D eigenvalue weighted by Gasteiger charge is 1.92. The lowest BCUT2D eigenvalue weighted by molar-refractivity contribution is 0.482. The summed E-state index contributed by atoms with van der Waals surface area (Å²) >= 11 is 0. The summed E-state index contributed by atoms with van der Waals surface area (Å²) in [7, 11) is 0. The molecular formula is C12H10O. The summed E-state index contributed by atoms with van der Waals surface area (Å²) in [5.41, 5.74) is 0. The Labute approximate surface area is 84.6 Å². The predicted molar refractivity (Wildman–Crippen MR) is 53.0 cm³/mol. The van der Waals surface area contributed by atoms with Crippen molar-refractivity contribution in [1.82, 2.24) is 0 Å². The molecule has 2 aromatic rings. The first-order valence-electron chi connectivity index (χ1n) is 6.32. The van der Waals surface area contributed by atoms with Gasteiger partial charge >= 0.3 is 0 Å². The first-order chi connectivity index (χ1) is 8.52. The van der Waals surface area contributed by atoms with Gasteiger partial charge in [0.2, 0.25) is 0 Å². The highest BCUT2D eigenvalue weighted by Crippen LogP contribution is 2.19. The molecule has 0 aromatic heterocycles. The molecule has 0 N–H and O–H groups in total. The molecule has 0 unspecified atom stereocenters. The molecule has 0 atom stereocenters. The third kappa shape index (κ3) is 2.09. The topological polar surface area (TPSA) is 9.23 Å². The molecule has 2 rings (SSSR count). The fourth-order valence-corrected chi connectivity index (χ4v) is 0.896. The van der Waals surface area contributed by atoms with E-state index in [4.69, 9.17) is 11.6 Å². The van der Waals surface area contributed by atoms with Crippen molar-refractivity contribution in [2.45, 2.75) is 0 Å². The van der Waals surface area contributed by atoms with Crippen molar-refractivity contribution in [2.24, 2.45) is 0 Å². The molecule has 1 nitrogen and oxygen atoms in total. The smallest absolute Gasteiger partial charge is 0.127 e. The summed E-state index contributed by atoms with van der Waals surface area (Å²) in [5, 5.41) is 0. The molecule has 0 amide bonds. The molecule has 0 heterocycles. The zero-order valence-corrected chi connectivity index (χ0v) is 6.79. The molecule has 0 aliphatic heterocycles. The van der Waals surface area contributed by atoms with Crippen LogP contribution in [0.2, 0.25) is 0 Å². The molecule has 0 aliphatic rings. The summed E-state index contributed by atoms with van der Waals surface area (Å²) in [4.78, 5) is 0. The Bertz CT molecular complexity index is 554. The van der Waals surface area contributed by atoms with Gasteiger partial charge in [0.15, 0.2) is 0 Å². The van der Waals surface area contributed by atoms with Crippen LogP contribution in [0.25, 0.3) is 0 Å². The van der Waals surface area contributed by atoms with Gasteiger partial charge in [-0.15, -0.1) is 0 Å². The Hall–Kier alpha value is -1.76. The van der Waals surface area contributed by atoms with Crippen LogP contribution in [0.1, 0.15) is 6.85 Å². The van der Waals surface area contributed by atoms with Crippen LogP contribution in [0, 0.1) is 0 Å². The second kappa shape index (κ2) is 3.76. The molecule has 0 saturated carbocycles. The fraction of sp³-hybridized carbons (Fsp3) is 0. The van der Waals surface area contributed by atoms with Gasteiger partial charge in [0, 0.05) is 0 Å². The van der Waals surface area contributed by atoms with Crippen LogP contribution in [0.15, 0.2) is 60.5 Å². The minimum atomic E-state index is -0.426. The number of rotatable bonds is 2. The number of benzene rings is 2. The minimum absolute atomic E-state index is 0.160. The largest absolute Gasteiger partial charge is 0.457 e. The lowest BCUT2D eigenvalue weighted by atomic mass is 10.3. The Balaban J connectivity index is 2.52. The van der Waals surface area contributed by atoms with Gasteiger partial charge < -0.3 is 4.74 Å². The van der Waals surface area contributed by atoms with Crippen molar-refractivity contribution < 1.29 is 11.6 Å². The second-order valence-corrected chi connectivity index (χ2v) is 2.37. The second-order valence-electron chi connectivity index (χ2n) is 2.37. The van der Waals surface area contributed by atoms with E-state index in [9.17, 15) is 0 Å². The fourth-order valence-electron chi connectivity index (χ4n) is 0.896. The normalized spacial score (nSPS) is 14.9. The summed E-state index contributed by atoms with van der Waals surface area (Å²) < 4.78 is 43.2. The third-order valence-corrected chi connectivity index (χ3v) is 1.44. The average Bonchev–Trinajstić information content (AvgIpc) is 2.40. The molecule has 0 saturated heterocycles. The van der Waals surface area contributed by atoms with Crippen LogP contribution in [-0.4, -0.2) is 0 Å². The van der Waals surface area contributed by atoms with Crippen LogP contribution in [-0.2, 0) is 0 Å². The van der Waals surface area contributed by atoms with E-state index in [1.807, 2.05) is 0 Å². The van der Waals surface area contributed by atoms with Crippen LogP contribution in [0.5, 0.6) is 11.5 Å². The van der Waals surface area contributed by atoms with Gasteiger partial charge in [-0.2, -0.15) is 0 Å². The lowest BCUT2D eigenvalue weighted by Crippen LogP contribution is -1.81. The first kappa shape index (κ1) is 3.97. The van der Waals surface area contributed by atoms with Crippen molar-refractivity contribution >= 4 is 0 Å². The third-order valence-electron chi connectivity index (χ3n) is 1.44. The number of para-hydroxylation sites is 2. The van der Waals surface area contributed by atoms with Crippen LogP contribution >= 0.6 is 0 Å². The van der Waals surface area contributed by atoms with Crippen molar-refractivity contribution in [3.63, 3.8) is 0 Å². The lowest BCUT2D eigenvalue weighted by Gasteiger charge is -2.03. The van der Waals surface area contributed by atoms with Crippen LogP contribution in [0.3, 0.4) is 0 Å². The summed E-state index contributed by atoms with van der Waals surface area (Å²) in [6.45, 7) is 0. The summed E-state index contributed by atoms with van der Waals surface area (Å²) in [6, 6.07) is 6.68. The van der Waals surface area contributed by atoms with Crippen molar-refractivity contribution in [3.8, 4) is 11.5 Å². The molecule has 0 aliphatic carbocycles. The van der Waals surface area contributed by atoms with Gasteiger partial charge in [-0.1, -0.05) is 36.3 Å². The highest BCUT2D eigenvalue weighted by molar-refractivity contribution is 5.30. The van der Waals surface area contributed by atoms with Crippen molar-refractivity contribution in [1.29, 1.82) is 0 Å². The molecule has 0 spiro atoms. The number of hydrogen-bond donors (Lipinski definition) is 0. The Morgan fingerprint density at radius 3 is 2.23 bits per heavy atom. The predicted octanol–water partition coefficient (Wildman–Crippen LogP) is 3.48. The van der Waals surface area contributed by atoms with Gasteiger partial charge in [0.25, 0.3) is 0 Å². The van der Waals surface area contributed by atoms with E-state index in [1.54, 1.807) is 30.3 Å². The van der Waals surface area contributed by atoms with Gasteiger partial charge in [0.1, 0.15) is 11.5 Å². The number of hydrogen-bond acceptors (Lipinski definition) is 1. The maximum atomic E-state index is 7.69. The van der Waals surface area contributed by atoms with E-state index in [2.05, 4.69) is 0 Å². The summed E-state index contributed by atoms with van der Waals surface area (Å²) in [6.07, 6.45) is 0. The molecular weight excluding hydrogens is 160 g/mol. The zero-order chi connectivity index (χ0) is 13.3. The molecule has 0 bridgehead atoms. The highest BCUT2D eigenvalue weighted by atomic mass is 16.5. The van der Waals surface area contributed by atoms with Crippen LogP contribution < -0.4 is 4.74 Å². The van der Waals surface area contributed by atoms with E-state index in [0.29, 0.717) is 5.75 Å². The van der Waals surface area contributed by atoms with Crippen LogP contribution in [0.4, 0.5) is 0 Å². The van der Waals surface area contributed by atoms with Gasteiger partial charge in [0.05, 0.1) is 6.85 Å². The molecule has 13 heavy (non-hydrogen) atoms. The van der Waals surface area contributed by atoms with Gasteiger partial charge in [-0.3, -0.25) is 0 Å². The SMILES string of the molecule is [2H]c1c([2H])c([2H])c(Oc2ccccc2)c([2H])c1[2H]. The van der Waals surface area contributed by atoms with E-state index >= 15 is 0 Å². The Morgan fingerprint density at radius 2 is 1.54 bits per heavy atom. The van der Waals surface area contributed by atoms with E-state index in [0.717, 1.165) is 0 Å². The van der Waals surface area contributed by atoms with E-state index in [-0.39, 0.29) is 17.8 Å². The number of ether oxygens (including phenoxy) is 1. The van der Waals surface area contributed by atoms with E-state index in [1.165, 1.54) is 0 Å². The zero-order valence-electron chi connectivity index (χ0n) is 11.8. The average molecular weight is 175 g/mol. The molecule has 64 valence electrons. The summed E-state index contributed by atoms with van der Waals surface area (Å²) in [5.74, 6) is 0.267. The molecule has 1 heteroatoms. The monoisotopic (exact) mass is 175 g/mol. The standard InChI is InChI=1S/C12H10O/c1-3-7-11(8-4-1)13-12-9-5-2-6-10-12/h1-10H/i1D,3D,4D,7D,8D. The molecule has 0 fully saturated rings. The first-order valence-corrected chi connectivity index (χ1v) is 3.82. The van der Waals surface area contributed by atoms with Crippen molar-refractivity contribution in [3.05, 3.63) is 60.5 Å². The maximum absolute atomic E-state index is 7.69. The molecule has 0 radical (unpaired) electrons. The van der Waals surface area contributed by atoms with Gasteiger partial charge in [-0.25, -0.2) is 0 Å². The minimum Gasteiger partial charge on any atom is -0.457 e. The molecule has 2 aromatic carbocycles. The Morgan fingerprint density at radius 1 is 0.846 bits per heavy atom. The maximum Gasteiger partial charge on any atom is 0.127 e. The quantitative estimate of drug-likeness (QED) is 0.679.